The summed E-state index contributed by atoms with van der Waals surface area (Å²) >= 11 is 0. The highest BCUT2D eigenvalue weighted by atomic mass is 16.3. The van der Waals surface area contributed by atoms with Crippen molar-refractivity contribution in [3.05, 3.63) is 267 Å². The third-order valence-corrected chi connectivity index (χ3v) is 15.6. The van der Waals surface area contributed by atoms with Gasteiger partial charge in [-0.25, -0.2) is 19.9 Å². The second-order valence-corrected chi connectivity index (χ2v) is 20.2. The normalized spacial score (nSPS) is 11.8. The Morgan fingerprint density at radius 1 is 0.291 bits per heavy atom. The molecule has 0 bridgehead atoms. The molecule has 0 unspecified atom stereocenters. The summed E-state index contributed by atoms with van der Waals surface area (Å²) in [6.07, 6.45) is 0. The fourth-order valence-electron chi connectivity index (χ4n) is 11.9. The third kappa shape index (κ3) is 7.36. The highest BCUT2D eigenvalue weighted by Gasteiger charge is 2.22. The van der Waals surface area contributed by atoms with Crippen LogP contribution in [0.2, 0.25) is 0 Å². The summed E-state index contributed by atoms with van der Waals surface area (Å²) < 4.78 is 11.2. The molecule has 79 heavy (non-hydrogen) atoms. The maximum absolute atomic E-state index is 6.62. The van der Waals surface area contributed by atoms with E-state index in [4.69, 9.17) is 24.4 Å². The Bertz CT molecular complexity index is 5000. The van der Waals surface area contributed by atoms with Gasteiger partial charge in [0.15, 0.2) is 5.82 Å². The van der Waals surface area contributed by atoms with Gasteiger partial charge in [0, 0.05) is 65.6 Å². The average molecular weight is 1010 g/mol. The van der Waals surface area contributed by atoms with E-state index < -0.39 is 0 Å². The van der Waals surface area contributed by atoms with Crippen LogP contribution in [0.25, 0.3) is 156 Å². The van der Waals surface area contributed by atoms with Crippen LogP contribution < -0.4 is 0 Å². The molecule has 0 spiro atoms. The fourth-order valence-corrected chi connectivity index (χ4v) is 11.9. The van der Waals surface area contributed by atoms with Crippen molar-refractivity contribution in [2.45, 2.75) is 0 Å². The number of aromatic nitrogens is 6. The van der Waals surface area contributed by atoms with Crippen molar-refractivity contribution >= 4 is 76.5 Å². The van der Waals surface area contributed by atoms with Crippen LogP contribution in [0.3, 0.4) is 0 Å². The maximum Gasteiger partial charge on any atom is 0.235 e. The van der Waals surface area contributed by atoms with E-state index in [1.54, 1.807) is 0 Å². The summed E-state index contributed by atoms with van der Waals surface area (Å²) in [6, 6.07) is 94.0. The van der Waals surface area contributed by atoms with E-state index >= 15 is 0 Å². The number of rotatable bonds is 8. The van der Waals surface area contributed by atoms with Crippen LogP contribution in [0.15, 0.2) is 271 Å². The van der Waals surface area contributed by atoms with Crippen molar-refractivity contribution in [1.82, 2.24) is 29.1 Å². The molecule has 5 heterocycles. The van der Waals surface area contributed by atoms with Crippen LogP contribution in [0.5, 0.6) is 0 Å². The predicted octanol–water partition coefficient (Wildman–Crippen LogP) is 18.5. The Hall–Kier alpha value is -10.8. The molecule has 0 fully saturated rings. The first-order valence-electron chi connectivity index (χ1n) is 26.6. The Balaban J connectivity index is 0.843. The molecule has 0 radical (unpaired) electrons. The Labute approximate surface area is 453 Å². The van der Waals surface area contributed by atoms with E-state index in [1.165, 1.54) is 5.39 Å². The van der Waals surface area contributed by atoms with E-state index in [-0.39, 0.29) is 0 Å². The fraction of sp³-hybridized carbons (Fsp3) is 0. The minimum Gasteiger partial charge on any atom is -0.456 e. The Kier molecular flexibility index (Phi) is 10.1. The summed E-state index contributed by atoms with van der Waals surface area (Å²) in [6.45, 7) is 0. The van der Waals surface area contributed by atoms with Gasteiger partial charge < -0.3 is 8.98 Å². The minimum atomic E-state index is 0.642. The van der Waals surface area contributed by atoms with E-state index in [0.29, 0.717) is 11.8 Å². The van der Waals surface area contributed by atoms with Crippen molar-refractivity contribution < 1.29 is 4.42 Å². The second kappa shape index (κ2) is 17.9. The van der Waals surface area contributed by atoms with Crippen LogP contribution in [0.4, 0.5) is 0 Å². The molecule has 0 aliphatic heterocycles. The van der Waals surface area contributed by atoms with Gasteiger partial charge in [0.1, 0.15) is 11.2 Å². The third-order valence-electron chi connectivity index (χ3n) is 15.6. The molecule has 368 valence electrons. The molecule has 0 aliphatic rings. The van der Waals surface area contributed by atoms with Crippen LogP contribution in [-0.2, 0) is 0 Å². The lowest BCUT2D eigenvalue weighted by molar-refractivity contribution is 0.669. The van der Waals surface area contributed by atoms with Gasteiger partial charge in [-0.2, -0.15) is 0 Å². The molecule has 0 saturated heterocycles. The molecule has 7 heteroatoms. The molecule has 16 aromatic rings. The maximum atomic E-state index is 6.62. The van der Waals surface area contributed by atoms with Gasteiger partial charge in [-0.15, -0.1) is 0 Å². The first-order chi connectivity index (χ1) is 39.1. The number of benzene rings is 11. The average Bonchev–Trinajstić information content (AvgIpc) is 4.37. The van der Waals surface area contributed by atoms with Gasteiger partial charge in [-0.1, -0.05) is 182 Å². The van der Waals surface area contributed by atoms with E-state index in [0.717, 1.165) is 138 Å². The predicted molar refractivity (Wildman–Crippen MR) is 324 cm³/mol. The molecule has 0 amide bonds. The number of nitrogens with zero attached hydrogens (tertiary/aromatic N) is 6. The highest BCUT2D eigenvalue weighted by Crippen LogP contribution is 2.43. The highest BCUT2D eigenvalue weighted by molar-refractivity contribution is 6.15. The molecule has 16 rings (SSSR count). The van der Waals surface area contributed by atoms with Gasteiger partial charge in [0.05, 0.1) is 44.7 Å². The molecule has 0 N–H and O–H groups in total. The van der Waals surface area contributed by atoms with Crippen molar-refractivity contribution in [3.8, 4) is 79.0 Å². The van der Waals surface area contributed by atoms with Gasteiger partial charge in [0.2, 0.25) is 5.95 Å². The van der Waals surface area contributed by atoms with E-state index in [9.17, 15) is 0 Å². The monoisotopic (exact) mass is 1010 g/mol. The summed E-state index contributed by atoms with van der Waals surface area (Å²) in [7, 11) is 0. The Morgan fingerprint density at radius 3 is 1.42 bits per heavy atom. The molecular formula is C72H44N6O. The standard InChI is InChI=1S/C72H44N6O/c1-5-18-45(19-6-1)61-44-62(46-20-7-2-8-21-46)74-71(73-61)55-28-17-31-68-69(55)59-43-51(35-39-67(59)79-68)50-33-37-65-58(42-50)57-41-49(32-36-64(57)77(65)52-24-11-4-12-25-52)48-34-38-66-56(40-48)53-26-14-16-30-63(53)78(66)72-75-60-29-15-13-27-54(60)70(76-72)47-22-9-3-10-23-47/h1-44H. The lowest BCUT2D eigenvalue weighted by Crippen LogP contribution is -2.03. The molecule has 0 saturated carbocycles. The van der Waals surface area contributed by atoms with Gasteiger partial charge in [0.25, 0.3) is 0 Å². The SMILES string of the molecule is c1ccc(-c2cc(-c3ccccc3)nc(-c3cccc4oc5ccc(-c6ccc7c(c6)c6cc(-c8ccc9c(c8)c8ccccc8n9-c8nc(-c9ccccc9)c9ccccc9n8)ccc6n7-c6ccccc6)cc5c34)n2)cc1. The first kappa shape index (κ1) is 44.5. The largest absolute Gasteiger partial charge is 0.456 e. The lowest BCUT2D eigenvalue weighted by Gasteiger charge is -2.12. The van der Waals surface area contributed by atoms with Crippen LogP contribution in [-0.4, -0.2) is 29.1 Å². The summed E-state index contributed by atoms with van der Waals surface area (Å²) in [5.74, 6) is 1.29. The van der Waals surface area contributed by atoms with Gasteiger partial charge in [-0.3, -0.25) is 4.57 Å². The smallest absolute Gasteiger partial charge is 0.235 e. The summed E-state index contributed by atoms with van der Waals surface area (Å²) in [4.78, 5) is 21.0. The zero-order valence-corrected chi connectivity index (χ0v) is 42.5. The quantitative estimate of drug-likeness (QED) is 0.152. The number of fused-ring (bicyclic) bond motifs is 10. The number of para-hydroxylation sites is 3. The summed E-state index contributed by atoms with van der Waals surface area (Å²) in [5, 5.41) is 7.62. The zero-order valence-electron chi connectivity index (χ0n) is 42.5. The number of hydrogen-bond donors (Lipinski definition) is 0. The molecule has 5 aromatic heterocycles. The van der Waals surface area contributed by atoms with Crippen molar-refractivity contribution in [2.24, 2.45) is 0 Å². The minimum absolute atomic E-state index is 0.642. The van der Waals surface area contributed by atoms with Crippen LogP contribution >= 0.6 is 0 Å². The van der Waals surface area contributed by atoms with E-state index in [1.807, 2.05) is 60.7 Å². The van der Waals surface area contributed by atoms with Crippen molar-refractivity contribution in [1.29, 1.82) is 0 Å². The number of hydrogen-bond acceptors (Lipinski definition) is 5. The zero-order chi connectivity index (χ0) is 52.0. The van der Waals surface area contributed by atoms with E-state index in [2.05, 4.69) is 215 Å². The second-order valence-electron chi connectivity index (χ2n) is 20.2. The van der Waals surface area contributed by atoms with Crippen LogP contribution in [0, 0.1) is 0 Å². The van der Waals surface area contributed by atoms with Gasteiger partial charge >= 0.3 is 0 Å². The molecule has 0 aliphatic carbocycles. The van der Waals surface area contributed by atoms with Crippen molar-refractivity contribution in [2.75, 3.05) is 0 Å². The topological polar surface area (TPSA) is 74.6 Å². The van der Waals surface area contributed by atoms with Crippen molar-refractivity contribution in [3.63, 3.8) is 0 Å². The van der Waals surface area contributed by atoms with Crippen LogP contribution in [0.1, 0.15) is 0 Å². The Morgan fingerprint density at radius 2 is 0.785 bits per heavy atom. The summed E-state index contributed by atoms with van der Waals surface area (Å²) in [5.41, 5.74) is 19.1. The molecular weight excluding hydrogens is 965 g/mol. The molecule has 7 nitrogen and oxygen atoms in total. The molecule has 11 aromatic carbocycles. The first-order valence-corrected chi connectivity index (χ1v) is 26.6. The lowest BCUT2D eigenvalue weighted by atomic mass is 9.98. The van der Waals surface area contributed by atoms with Gasteiger partial charge in [-0.05, 0) is 107 Å². The molecule has 0 atom stereocenters. The number of furan rings is 1.